The number of ether oxygens (including phenoxy) is 1. The Hall–Kier alpha value is -0.900. The molecule has 1 heterocycles. The van der Waals surface area contributed by atoms with Crippen LogP contribution in [0.5, 0.6) is 0 Å². The number of benzene rings is 1. The zero-order chi connectivity index (χ0) is 13.7. The summed E-state index contributed by atoms with van der Waals surface area (Å²) in [6, 6.07) is 8.18. The van der Waals surface area contributed by atoms with Crippen molar-refractivity contribution in [1.29, 1.82) is 0 Å². The highest BCUT2D eigenvalue weighted by molar-refractivity contribution is 5.29. The van der Waals surface area contributed by atoms with Gasteiger partial charge in [0.1, 0.15) is 0 Å². The summed E-state index contributed by atoms with van der Waals surface area (Å²) < 4.78 is 5.22. The zero-order valence-corrected chi connectivity index (χ0v) is 11.9. The SMILES string of the molecule is CCC1CCNC(C(O)c2ccccc2COC)C1. The maximum atomic E-state index is 10.6. The third-order valence-corrected chi connectivity index (χ3v) is 4.18. The Morgan fingerprint density at radius 1 is 1.42 bits per heavy atom. The first kappa shape index (κ1) is 14.5. The molecular formula is C16H25NO2. The molecule has 1 saturated heterocycles. The molecule has 3 unspecified atom stereocenters. The van der Waals surface area contributed by atoms with Gasteiger partial charge in [0.05, 0.1) is 12.7 Å². The van der Waals surface area contributed by atoms with Crippen molar-refractivity contribution in [1.82, 2.24) is 5.32 Å². The minimum Gasteiger partial charge on any atom is -0.387 e. The van der Waals surface area contributed by atoms with Crippen LogP contribution in [0.3, 0.4) is 0 Å². The van der Waals surface area contributed by atoms with E-state index in [0.717, 1.165) is 30.0 Å². The second-order valence-electron chi connectivity index (χ2n) is 5.44. The maximum Gasteiger partial charge on any atom is 0.0946 e. The fourth-order valence-electron chi connectivity index (χ4n) is 2.97. The van der Waals surface area contributed by atoms with Crippen LogP contribution in [0.25, 0.3) is 0 Å². The molecule has 0 spiro atoms. The predicted molar refractivity (Wildman–Crippen MR) is 76.9 cm³/mol. The molecule has 0 aliphatic carbocycles. The number of hydrogen-bond acceptors (Lipinski definition) is 3. The Kier molecular flexibility index (Phi) is 5.37. The minimum atomic E-state index is -0.444. The van der Waals surface area contributed by atoms with E-state index in [2.05, 4.69) is 12.2 Å². The Morgan fingerprint density at radius 3 is 2.95 bits per heavy atom. The molecule has 0 saturated carbocycles. The van der Waals surface area contributed by atoms with E-state index in [1.54, 1.807) is 7.11 Å². The number of aliphatic hydroxyl groups excluding tert-OH is 1. The third-order valence-electron chi connectivity index (χ3n) is 4.18. The molecule has 19 heavy (non-hydrogen) atoms. The molecular weight excluding hydrogens is 238 g/mol. The van der Waals surface area contributed by atoms with Crippen LogP contribution in [0.15, 0.2) is 24.3 Å². The van der Waals surface area contributed by atoms with Crippen LogP contribution in [-0.2, 0) is 11.3 Å². The minimum absolute atomic E-state index is 0.164. The van der Waals surface area contributed by atoms with E-state index in [0.29, 0.717) is 6.61 Å². The first-order valence-corrected chi connectivity index (χ1v) is 7.24. The zero-order valence-electron chi connectivity index (χ0n) is 11.9. The molecule has 106 valence electrons. The highest BCUT2D eigenvalue weighted by atomic mass is 16.5. The molecule has 0 bridgehead atoms. The van der Waals surface area contributed by atoms with E-state index in [1.165, 1.54) is 12.8 Å². The van der Waals surface area contributed by atoms with E-state index < -0.39 is 6.10 Å². The average Bonchev–Trinajstić information content (AvgIpc) is 2.47. The number of hydrogen-bond donors (Lipinski definition) is 2. The van der Waals surface area contributed by atoms with Gasteiger partial charge in [-0.3, -0.25) is 0 Å². The lowest BCUT2D eigenvalue weighted by Gasteiger charge is -2.33. The van der Waals surface area contributed by atoms with Gasteiger partial charge in [0.15, 0.2) is 0 Å². The van der Waals surface area contributed by atoms with Crippen LogP contribution in [0.2, 0.25) is 0 Å². The molecule has 3 atom stereocenters. The lowest BCUT2D eigenvalue weighted by atomic mass is 9.85. The van der Waals surface area contributed by atoms with Crippen LogP contribution < -0.4 is 5.32 Å². The lowest BCUT2D eigenvalue weighted by Crippen LogP contribution is -2.42. The summed E-state index contributed by atoms with van der Waals surface area (Å²) in [6.07, 6.45) is 3.03. The molecule has 2 rings (SSSR count). The first-order valence-electron chi connectivity index (χ1n) is 7.24. The van der Waals surface area contributed by atoms with Gasteiger partial charge in [-0.25, -0.2) is 0 Å². The second kappa shape index (κ2) is 7.04. The summed E-state index contributed by atoms with van der Waals surface area (Å²) in [7, 11) is 1.69. The second-order valence-corrected chi connectivity index (χ2v) is 5.44. The fourth-order valence-corrected chi connectivity index (χ4v) is 2.97. The Morgan fingerprint density at radius 2 is 2.21 bits per heavy atom. The largest absolute Gasteiger partial charge is 0.387 e. The molecule has 2 N–H and O–H groups in total. The molecule has 1 aliphatic rings. The third kappa shape index (κ3) is 3.56. The van der Waals surface area contributed by atoms with E-state index in [9.17, 15) is 5.11 Å². The smallest absolute Gasteiger partial charge is 0.0946 e. The van der Waals surface area contributed by atoms with Gasteiger partial charge >= 0.3 is 0 Å². The fraction of sp³-hybridized carbons (Fsp3) is 0.625. The van der Waals surface area contributed by atoms with E-state index in [-0.39, 0.29) is 6.04 Å². The van der Waals surface area contributed by atoms with E-state index >= 15 is 0 Å². The molecule has 1 aliphatic heterocycles. The Bertz CT molecular complexity index is 394. The van der Waals surface area contributed by atoms with E-state index in [4.69, 9.17) is 4.74 Å². The predicted octanol–water partition coefficient (Wildman–Crippen LogP) is 2.64. The highest BCUT2D eigenvalue weighted by Gasteiger charge is 2.28. The van der Waals surface area contributed by atoms with Crippen molar-refractivity contribution in [2.24, 2.45) is 5.92 Å². The van der Waals surface area contributed by atoms with E-state index in [1.807, 2.05) is 24.3 Å². The number of piperidine rings is 1. The van der Waals surface area contributed by atoms with Crippen molar-refractivity contribution in [3.05, 3.63) is 35.4 Å². The van der Waals surface area contributed by atoms with Gasteiger partial charge in [-0.2, -0.15) is 0 Å². The molecule has 0 radical (unpaired) electrons. The summed E-state index contributed by atoms with van der Waals surface area (Å²) in [6.45, 7) is 3.79. The summed E-state index contributed by atoms with van der Waals surface area (Å²) in [5.74, 6) is 0.732. The first-order chi connectivity index (χ1) is 9.26. The van der Waals surface area contributed by atoms with Crippen molar-refractivity contribution < 1.29 is 9.84 Å². The normalized spacial score (nSPS) is 25.2. The van der Waals surface area contributed by atoms with Gasteiger partial charge < -0.3 is 15.2 Å². The van der Waals surface area contributed by atoms with Gasteiger partial charge in [0, 0.05) is 13.2 Å². The van der Waals surface area contributed by atoms with Crippen LogP contribution in [-0.4, -0.2) is 24.8 Å². The molecule has 1 aromatic rings. The average molecular weight is 263 g/mol. The number of nitrogens with one attached hydrogen (secondary N) is 1. The molecule has 1 aromatic carbocycles. The van der Waals surface area contributed by atoms with Crippen LogP contribution in [0.1, 0.15) is 43.4 Å². The summed E-state index contributed by atoms with van der Waals surface area (Å²) in [5.41, 5.74) is 2.08. The number of rotatable bonds is 5. The van der Waals surface area contributed by atoms with Crippen molar-refractivity contribution in [3.63, 3.8) is 0 Å². The van der Waals surface area contributed by atoms with Gasteiger partial charge in [-0.05, 0) is 36.4 Å². The van der Waals surface area contributed by atoms with Crippen LogP contribution >= 0.6 is 0 Å². The summed E-state index contributed by atoms with van der Waals surface area (Å²) >= 11 is 0. The Labute approximate surface area is 116 Å². The molecule has 0 amide bonds. The van der Waals surface area contributed by atoms with Gasteiger partial charge in [-0.1, -0.05) is 37.6 Å². The van der Waals surface area contributed by atoms with Gasteiger partial charge in [-0.15, -0.1) is 0 Å². The lowest BCUT2D eigenvalue weighted by molar-refractivity contribution is 0.0944. The molecule has 3 heteroatoms. The van der Waals surface area contributed by atoms with Crippen LogP contribution in [0.4, 0.5) is 0 Å². The van der Waals surface area contributed by atoms with Crippen molar-refractivity contribution in [3.8, 4) is 0 Å². The van der Waals surface area contributed by atoms with Crippen molar-refractivity contribution in [2.45, 2.75) is 44.9 Å². The molecule has 0 aromatic heterocycles. The quantitative estimate of drug-likeness (QED) is 0.858. The number of methoxy groups -OCH3 is 1. The summed E-state index contributed by atoms with van der Waals surface area (Å²) in [4.78, 5) is 0. The van der Waals surface area contributed by atoms with Crippen LogP contribution in [0, 0.1) is 5.92 Å². The monoisotopic (exact) mass is 263 g/mol. The topological polar surface area (TPSA) is 41.5 Å². The molecule has 3 nitrogen and oxygen atoms in total. The van der Waals surface area contributed by atoms with Crippen molar-refractivity contribution >= 4 is 0 Å². The molecule has 1 fully saturated rings. The van der Waals surface area contributed by atoms with Crippen molar-refractivity contribution in [2.75, 3.05) is 13.7 Å². The van der Waals surface area contributed by atoms with Gasteiger partial charge in [0.2, 0.25) is 0 Å². The Balaban J connectivity index is 2.12. The number of aliphatic hydroxyl groups is 1. The standard InChI is InChI=1S/C16H25NO2/c1-3-12-8-9-17-15(10-12)16(18)14-7-5-4-6-13(14)11-19-2/h4-7,12,15-18H,3,8-11H2,1-2H3. The maximum absolute atomic E-state index is 10.6. The van der Waals surface area contributed by atoms with Gasteiger partial charge in [0.25, 0.3) is 0 Å². The highest BCUT2D eigenvalue weighted by Crippen LogP contribution is 2.29. The summed E-state index contributed by atoms with van der Waals surface area (Å²) in [5, 5.41) is 14.1.